The van der Waals surface area contributed by atoms with Gasteiger partial charge >= 0.3 is 0 Å². The first-order valence-corrected chi connectivity index (χ1v) is 7.66. The highest BCUT2D eigenvalue weighted by atomic mass is 16.3. The smallest absolute Gasteiger partial charge is 0.125 e. The van der Waals surface area contributed by atoms with Crippen molar-refractivity contribution >= 4 is 0 Å². The van der Waals surface area contributed by atoms with E-state index in [4.69, 9.17) is 0 Å². The predicted molar refractivity (Wildman–Crippen MR) is 86.8 cm³/mol. The molecule has 1 saturated carbocycles. The Balaban J connectivity index is 1.76. The third kappa shape index (κ3) is 3.54. The van der Waals surface area contributed by atoms with Crippen molar-refractivity contribution in [2.75, 3.05) is 0 Å². The van der Waals surface area contributed by atoms with Crippen LogP contribution in [0, 0.1) is 11.8 Å². The molecule has 1 heteroatoms. The van der Waals surface area contributed by atoms with Gasteiger partial charge in [-0.25, -0.2) is 0 Å². The molecule has 2 aromatic carbocycles. The van der Waals surface area contributed by atoms with Gasteiger partial charge in [-0.1, -0.05) is 60.7 Å². The lowest BCUT2D eigenvalue weighted by molar-refractivity contribution is 0.0610. The second-order valence-corrected chi connectivity index (χ2v) is 5.79. The van der Waals surface area contributed by atoms with E-state index in [9.17, 15) is 5.11 Å². The second kappa shape index (κ2) is 6.16. The highest BCUT2D eigenvalue weighted by Gasteiger charge is 2.26. The second-order valence-electron chi connectivity index (χ2n) is 5.79. The first kappa shape index (κ1) is 13.9. The summed E-state index contributed by atoms with van der Waals surface area (Å²) < 4.78 is 0. The molecule has 0 aromatic heterocycles. The fourth-order valence-corrected chi connectivity index (χ4v) is 2.83. The van der Waals surface area contributed by atoms with Crippen molar-refractivity contribution in [2.45, 2.75) is 37.7 Å². The van der Waals surface area contributed by atoms with E-state index in [1.54, 1.807) is 0 Å². The van der Waals surface area contributed by atoms with Crippen LogP contribution < -0.4 is 0 Å². The van der Waals surface area contributed by atoms with Gasteiger partial charge in [-0.05, 0) is 48.9 Å². The monoisotopic (exact) mass is 276 g/mol. The summed E-state index contributed by atoms with van der Waals surface area (Å²) in [5.41, 5.74) is 2.60. The van der Waals surface area contributed by atoms with Crippen molar-refractivity contribution in [3.05, 3.63) is 60.2 Å². The van der Waals surface area contributed by atoms with Crippen LogP contribution in [0.5, 0.6) is 0 Å². The van der Waals surface area contributed by atoms with E-state index < -0.39 is 5.60 Å². The van der Waals surface area contributed by atoms with Crippen LogP contribution in [0.25, 0.3) is 11.1 Å². The summed E-state index contributed by atoms with van der Waals surface area (Å²) in [5.74, 6) is 6.21. The number of hydrogen-bond acceptors (Lipinski definition) is 1. The Hall–Kier alpha value is -2.04. The minimum atomic E-state index is -0.768. The van der Waals surface area contributed by atoms with Crippen LogP contribution in [0.1, 0.15) is 37.7 Å². The average Bonchev–Trinajstić information content (AvgIpc) is 2.55. The maximum atomic E-state index is 10.4. The van der Waals surface area contributed by atoms with Gasteiger partial charge in [0.2, 0.25) is 0 Å². The molecule has 1 aliphatic carbocycles. The lowest BCUT2D eigenvalue weighted by Gasteiger charge is -2.26. The van der Waals surface area contributed by atoms with Crippen molar-refractivity contribution in [3.63, 3.8) is 0 Å². The van der Waals surface area contributed by atoms with Gasteiger partial charge in [-0.15, -0.1) is 0 Å². The van der Waals surface area contributed by atoms with Crippen molar-refractivity contribution in [1.82, 2.24) is 0 Å². The molecule has 1 nitrogen and oxygen atoms in total. The van der Waals surface area contributed by atoms with Crippen molar-refractivity contribution in [2.24, 2.45) is 0 Å². The molecule has 0 aliphatic heterocycles. The molecule has 0 bridgehead atoms. The minimum Gasteiger partial charge on any atom is -0.378 e. The third-order valence-electron chi connectivity index (χ3n) is 4.11. The van der Waals surface area contributed by atoms with Gasteiger partial charge in [-0.2, -0.15) is 0 Å². The Morgan fingerprint density at radius 1 is 0.762 bits per heavy atom. The Bertz CT molecular complexity index is 638. The molecule has 0 radical (unpaired) electrons. The fourth-order valence-electron chi connectivity index (χ4n) is 2.83. The molecule has 106 valence electrons. The summed E-state index contributed by atoms with van der Waals surface area (Å²) in [6.07, 6.45) is 5.00. The molecule has 1 fully saturated rings. The normalized spacial score (nSPS) is 16.8. The molecule has 0 amide bonds. The first-order valence-electron chi connectivity index (χ1n) is 7.66. The van der Waals surface area contributed by atoms with E-state index in [0.29, 0.717) is 0 Å². The summed E-state index contributed by atoms with van der Waals surface area (Å²) in [4.78, 5) is 0. The van der Waals surface area contributed by atoms with Crippen LogP contribution in [0.3, 0.4) is 0 Å². The Kier molecular flexibility index (Phi) is 4.08. The van der Waals surface area contributed by atoms with Crippen molar-refractivity contribution in [3.8, 4) is 23.0 Å². The minimum absolute atomic E-state index is 0.768. The third-order valence-corrected chi connectivity index (χ3v) is 4.11. The molecular formula is C20H20O. The van der Waals surface area contributed by atoms with E-state index in [0.717, 1.165) is 31.2 Å². The highest BCUT2D eigenvalue weighted by Crippen LogP contribution is 2.27. The summed E-state index contributed by atoms with van der Waals surface area (Å²) in [5, 5.41) is 10.4. The van der Waals surface area contributed by atoms with Gasteiger partial charge in [0.25, 0.3) is 0 Å². The number of rotatable bonds is 1. The molecule has 0 atom stereocenters. The molecule has 0 unspecified atom stereocenters. The van der Waals surface area contributed by atoms with Gasteiger partial charge in [0.1, 0.15) is 5.60 Å². The zero-order valence-corrected chi connectivity index (χ0v) is 12.2. The lowest BCUT2D eigenvalue weighted by atomic mass is 9.85. The highest BCUT2D eigenvalue weighted by molar-refractivity contribution is 5.64. The maximum absolute atomic E-state index is 10.4. The molecule has 0 spiro atoms. The Labute approximate surface area is 126 Å². The van der Waals surface area contributed by atoms with Crippen LogP contribution in [-0.2, 0) is 0 Å². The van der Waals surface area contributed by atoms with Gasteiger partial charge in [0, 0.05) is 5.56 Å². The van der Waals surface area contributed by atoms with E-state index in [-0.39, 0.29) is 0 Å². The van der Waals surface area contributed by atoms with Gasteiger partial charge < -0.3 is 5.11 Å². The number of aliphatic hydroxyl groups is 1. The number of hydrogen-bond donors (Lipinski definition) is 1. The standard InChI is InChI=1S/C20H20O/c21-20(14-5-2-6-15-20)16-13-17-9-11-19(12-10-17)18-7-3-1-4-8-18/h1,3-4,7-12,21H,2,5-6,14-15H2. The predicted octanol–water partition coefficient (Wildman–Crippen LogP) is 4.40. The average molecular weight is 276 g/mol. The van der Waals surface area contributed by atoms with E-state index in [2.05, 4.69) is 36.1 Å². The molecule has 3 rings (SSSR count). The first-order chi connectivity index (χ1) is 10.3. The van der Waals surface area contributed by atoms with E-state index in [1.165, 1.54) is 17.5 Å². The number of benzene rings is 2. The van der Waals surface area contributed by atoms with Gasteiger partial charge in [-0.3, -0.25) is 0 Å². The van der Waals surface area contributed by atoms with Gasteiger partial charge in [0.05, 0.1) is 0 Å². The summed E-state index contributed by atoms with van der Waals surface area (Å²) >= 11 is 0. The zero-order valence-electron chi connectivity index (χ0n) is 12.2. The largest absolute Gasteiger partial charge is 0.378 e. The van der Waals surface area contributed by atoms with E-state index in [1.807, 2.05) is 30.3 Å². The molecule has 1 N–H and O–H groups in total. The summed E-state index contributed by atoms with van der Waals surface area (Å²) in [7, 11) is 0. The van der Waals surface area contributed by atoms with Crippen molar-refractivity contribution in [1.29, 1.82) is 0 Å². The van der Waals surface area contributed by atoms with E-state index >= 15 is 0 Å². The van der Waals surface area contributed by atoms with Crippen LogP contribution in [-0.4, -0.2) is 10.7 Å². The summed E-state index contributed by atoms with van der Waals surface area (Å²) in [6.45, 7) is 0. The Morgan fingerprint density at radius 3 is 2.05 bits per heavy atom. The SMILES string of the molecule is OC1(C#Cc2ccc(-c3ccccc3)cc2)CCCCC1. The molecule has 2 aromatic rings. The lowest BCUT2D eigenvalue weighted by Crippen LogP contribution is -2.29. The van der Waals surface area contributed by atoms with Crippen molar-refractivity contribution < 1.29 is 5.11 Å². The quantitative estimate of drug-likeness (QED) is 0.765. The van der Waals surface area contributed by atoms with Crippen LogP contribution in [0.4, 0.5) is 0 Å². The summed E-state index contributed by atoms with van der Waals surface area (Å²) in [6, 6.07) is 18.5. The molecule has 21 heavy (non-hydrogen) atoms. The van der Waals surface area contributed by atoms with Gasteiger partial charge in [0.15, 0.2) is 0 Å². The zero-order chi connectivity index (χ0) is 14.5. The maximum Gasteiger partial charge on any atom is 0.125 e. The topological polar surface area (TPSA) is 20.2 Å². The fraction of sp³-hybridized carbons (Fsp3) is 0.300. The molecular weight excluding hydrogens is 256 g/mol. The van der Waals surface area contributed by atoms with Crippen LogP contribution in [0.15, 0.2) is 54.6 Å². The Morgan fingerprint density at radius 2 is 1.38 bits per heavy atom. The van der Waals surface area contributed by atoms with Crippen LogP contribution >= 0.6 is 0 Å². The molecule has 0 heterocycles. The molecule has 1 aliphatic rings. The van der Waals surface area contributed by atoms with Crippen LogP contribution in [0.2, 0.25) is 0 Å². The molecule has 0 saturated heterocycles.